The molecule has 1 aromatic heterocycles. The molecule has 37 heavy (non-hydrogen) atoms. The lowest BCUT2D eigenvalue weighted by Gasteiger charge is -2.50. The van der Waals surface area contributed by atoms with Crippen molar-refractivity contribution in [1.29, 1.82) is 0 Å². The summed E-state index contributed by atoms with van der Waals surface area (Å²) in [5.74, 6) is 1.42. The lowest BCUT2D eigenvalue weighted by atomic mass is 9.58. The number of ether oxygens (including phenoxy) is 1. The molecule has 190 valence electrons. The third-order valence-electron chi connectivity index (χ3n) is 7.49. The number of nitrogens with one attached hydrogen (secondary N) is 2. The van der Waals surface area contributed by atoms with E-state index < -0.39 is 10.0 Å². The van der Waals surface area contributed by atoms with Crippen molar-refractivity contribution in [1.82, 2.24) is 5.32 Å². The van der Waals surface area contributed by atoms with Crippen LogP contribution < -0.4 is 14.8 Å². The summed E-state index contributed by atoms with van der Waals surface area (Å²) in [5.41, 5.74) is 4.53. The molecule has 1 unspecified atom stereocenters. The van der Waals surface area contributed by atoms with Gasteiger partial charge in [-0.15, -0.1) is 11.3 Å². The lowest BCUT2D eigenvalue weighted by Crippen LogP contribution is -2.49. The van der Waals surface area contributed by atoms with Crippen molar-refractivity contribution in [3.63, 3.8) is 0 Å². The van der Waals surface area contributed by atoms with Crippen LogP contribution in [0.4, 0.5) is 5.69 Å². The minimum Gasteiger partial charge on any atom is -0.457 e. The van der Waals surface area contributed by atoms with Crippen LogP contribution in [0.5, 0.6) is 11.5 Å². The first-order chi connectivity index (χ1) is 17.9. The molecule has 5 nitrogen and oxygen atoms in total. The molecular weight excluding hydrogens is 524 g/mol. The molecule has 1 saturated carbocycles. The van der Waals surface area contributed by atoms with Gasteiger partial charge in [-0.3, -0.25) is 4.72 Å². The average molecular weight is 551 g/mol. The SMILES string of the molecule is O=S(=O)(Nc1ccc(Oc2ccc3c(c2)C(C2(c4ccc(Cl)cc4)CCC2)NCC3)cc1)c1cccs1. The predicted molar refractivity (Wildman–Crippen MR) is 150 cm³/mol. The Morgan fingerprint density at radius 2 is 1.73 bits per heavy atom. The van der Waals surface area contributed by atoms with Crippen molar-refractivity contribution < 1.29 is 13.2 Å². The molecule has 1 atom stereocenters. The van der Waals surface area contributed by atoms with E-state index in [9.17, 15) is 8.42 Å². The quantitative estimate of drug-likeness (QED) is 0.253. The lowest BCUT2D eigenvalue weighted by molar-refractivity contribution is 0.164. The summed E-state index contributed by atoms with van der Waals surface area (Å²) in [4.78, 5) is 0. The highest BCUT2D eigenvalue weighted by Gasteiger charge is 2.47. The first-order valence-corrected chi connectivity index (χ1v) is 15.1. The van der Waals surface area contributed by atoms with E-state index in [1.54, 1.807) is 41.8 Å². The highest BCUT2D eigenvalue weighted by atomic mass is 35.5. The van der Waals surface area contributed by atoms with Crippen LogP contribution in [-0.4, -0.2) is 15.0 Å². The van der Waals surface area contributed by atoms with Crippen molar-refractivity contribution in [2.45, 2.75) is 41.3 Å². The van der Waals surface area contributed by atoms with Gasteiger partial charge in [0.05, 0.1) is 0 Å². The summed E-state index contributed by atoms with van der Waals surface area (Å²) in [6, 6.07) is 25.2. The number of halogens is 1. The van der Waals surface area contributed by atoms with E-state index in [0.29, 0.717) is 11.4 Å². The molecule has 6 rings (SSSR count). The van der Waals surface area contributed by atoms with E-state index in [1.807, 2.05) is 18.2 Å². The Kier molecular flexibility index (Phi) is 6.49. The van der Waals surface area contributed by atoms with Gasteiger partial charge in [0.2, 0.25) is 0 Å². The van der Waals surface area contributed by atoms with Crippen molar-refractivity contribution in [2.24, 2.45) is 0 Å². The molecule has 0 saturated heterocycles. The van der Waals surface area contributed by atoms with Gasteiger partial charge >= 0.3 is 0 Å². The zero-order chi connectivity index (χ0) is 25.5. The Morgan fingerprint density at radius 3 is 2.41 bits per heavy atom. The average Bonchev–Trinajstić information content (AvgIpc) is 3.42. The van der Waals surface area contributed by atoms with Crippen LogP contribution in [0.25, 0.3) is 0 Å². The number of sulfonamides is 1. The van der Waals surface area contributed by atoms with Gasteiger partial charge in [0.1, 0.15) is 15.7 Å². The molecule has 0 amide bonds. The maximum Gasteiger partial charge on any atom is 0.271 e. The zero-order valence-electron chi connectivity index (χ0n) is 20.1. The van der Waals surface area contributed by atoms with E-state index in [-0.39, 0.29) is 15.7 Å². The van der Waals surface area contributed by atoms with Crippen molar-refractivity contribution in [2.75, 3.05) is 11.3 Å². The van der Waals surface area contributed by atoms with Gasteiger partial charge in [-0.1, -0.05) is 42.3 Å². The molecule has 3 aromatic carbocycles. The van der Waals surface area contributed by atoms with Crippen LogP contribution in [-0.2, 0) is 21.9 Å². The Hall–Kier alpha value is -2.84. The van der Waals surface area contributed by atoms with E-state index in [4.69, 9.17) is 16.3 Å². The molecule has 1 fully saturated rings. The number of fused-ring (bicyclic) bond motifs is 1. The van der Waals surface area contributed by atoms with Crippen molar-refractivity contribution in [3.05, 3.63) is 106 Å². The fourth-order valence-electron chi connectivity index (χ4n) is 5.52. The molecule has 0 spiro atoms. The third kappa shape index (κ3) is 4.77. The van der Waals surface area contributed by atoms with Crippen molar-refractivity contribution >= 4 is 38.6 Å². The van der Waals surface area contributed by atoms with E-state index in [0.717, 1.165) is 36.6 Å². The summed E-state index contributed by atoms with van der Waals surface area (Å²) < 4.78 is 34.1. The second-order valence-corrected chi connectivity index (χ2v) is 13.0. The number of hydrogen-bond donors (Lipinski definition) is 2. The second kappa shape index (κ2) is 9.80. The molecule has 2 heterocycles. The Bertz CT molecular complexity index is 1500. The van der Waals surface area contributed by atoms with Gasteiger partial charge in [0, 0.05) is 22.2 Å². The van der Waals surface area contributed by atoms with Crippen LogP contribution in [0.3, 0.4) is 0 Å². The Balaban J connectivity index is 1.23. The van der Waals surface area contributed by atoms with E-state index >= 15 is 0 Å². The molecular formula is C29H27ClN2O3S2. The molecule has 8 heteroatoms. The van der Waals surface area contributed by atoms with Crippen LogP contribution in [0.1, 0.15) is 42.0 Å². The van der Waals surface area contributed by atoms with Gasteiger partial charge in [0.25, 0.3) is 10.0 Å². The van der Waals surface area contributed by atoms with Gasteiger partial charge in [0.15, 0.2) is 0 Å². The molecule has 4 aromatic rings. The fraction of sp³-hybridized carbons (Fsp3) is 0.241. The number of hydrogen-bond acceptors (Lipinski definition) is 5. The minimum absolute atomic E-state index is 0.0553. The summed E-state index contributed by atoms with van der Waals surface area (Å²) in [7, 11) is -3.58. The summed E-state index contributed by atoms with van der Waals surface area (Å²) in [6.45, 7) is 0.954. The molecule has 0 bridgehead atoms. The van der Waals surface area contributed by atoms with Crippen LogP contribution in [0.2, 0.25) is 5.02 Å². The van der Waals surface area contributed by atoms with Gasteiger partial charge < -0.3 is 10.1 Å². The van der Waals surface area contributed by atoms with Crippen molar-refractivity contribution in [3.8, 4) is 11.5 Å². The van der Waals surface area contributed by atoms with Gasteiger partial charge in [-0.05, 0) is 102 Å². The fourth-order valence-corrected chi connectivity index (χ4v) is 7.70. The maximum absolute atomic E-state index is 12.5. The summed E-state index contributed by atoms with van der Waals surface area (Å²) in [6.07, 6.45) is 4.48. The normalized spacial score (nSPS) is 18.5. The van der Waals surface area contributed by atoms with Gasteiger partial charge in [-0.2, -0.15) is 0 Å². The second-order valence-electron chi connectivity index (χ2n) is 9.68. The number of thiophene rings is 1. The first kappa shape index (κ1) is 24.5. The highest BCUT2D eigenvalue weighted by molar-refractivity contribution is 7.94. The number of anilines is 1. The summed E-state index contributed by atoms with van der Waals surface area (Å²) in [5, 5.41) is 6.31. The monoisotopic (exact) mass is 550 g/mol. The number of benzene rings is 3. The maximum atomic E-state index is 12.5. The third-order valence-corrected chi connectivity index (χ3v) is 10.5. The molecule has 1 aliphatic carbocycles. The Labute approximate surface area is 226 Å². The van der Waals surface area contributed by atoms with E-state index in [1.165, 1.54) is 34.4 Å². The highest BCUT2D eigenvalue weighted by Crippen LogP contribution is 2.54. The number of rotatable bonds is 7. The molecule has 2 aliphatic rings. The van der Waals surface area contributed by atoms with Gasteiger partial charge in [-0.25, -0.2) is 8.42 Å². The van der Waals surface area contributed by atoms with Crippen LogP contribution >= 0.6 is 22.9 Å². The van der Waals surface area contributed by atoms with E-state index in [2.05, 4.69) is 34.3 Å². The first-order valence-electron chi connectivity index (χ1n) is 12.4. The predicted octanol–water partition coefficient (Wildman–Crippen LogP) is 7.30. The van der Waals surface area contributed by atoms with Crippen LogP contribution in [0, 0.1) is 0 Å². The molecule has 2 N–H and O–H groups in total. The smallest absolute Gasteiger partial charge is 0.271 e. The standard InChI is InChI=1S/C29H27ClN2O3S2/c30-22-7-5-21(6-8-22)29(15-2-16-29)28-26-19-25(11-4-20(26)14-17-31-28)35-24-12-9-23(10-13-24)32-37(33,34)27-3-1-18-36-27/h1,3-13,18-19,28,31-32H,2,14-17H2. The molecule has 1 aliphatic heterocycles. The zero-order valence-corrected chi connectivity index (χ0v) is 22.5. The largest absolute Gasteiger partial charge is 0.457 e. The summed E-state index contributed by atoms with van der Waals surface area (Å²) >= 11 is 7.37. The Morgan fingerprint density at radius 1 is 0.973 bits per heavy atom. The minimum atomic E-state index is -3.58. The van der Waals surface area contributed by atoms with Crippen LogP contribution in [0.15, 0.2) is 88.5 Å². The molecule has 0 radical (unpaired) electrons. The topological polar surface area (TPSA) is 67.4 Å².